The minimum Gasteiger partial charge on any atom is -0.352 e. The normalized spacial score (nSPS) is 12.2. The molecule has 7 heteroatoms. The van der Waals surface area contributed by atoms with Crippen LogP contribution >= 0.6 is 10.7 Å². The van der Waals surface area contributed by atoms with Crippen LogP contribution in [-0.4, -0.2) is 20.9 Å². The molecule has 0 fully saturated rings. The van der Waals surface area contributed by atoms with Gasteiger partial charge in [-0.3, -0.25) is 4.79 Å². The van der Waals surface area contributed by atoms with E-state index in [1.807, 2.05) is 20.8 Å². The number of benzene rings is 1. The standard InChI is InChI=1S/C13H17ClFNO3S/c1-13(2,3)6-7-16-12(17)10-8-9(20(14,18)19)4-5-11(10)15/h4-5,8H,6-7H2,1-3H3,(H,16,17). The molecule has 0 radical (unpaired) electrons. The molecule has 4 nitrogen and oxygen atoms in total. The first-order chi connectivity index (χ1) is 9.00. The van der Waals surface area contributed by atoms with Gasteiger partial charge in [0, 0.05) is 17.2 Å². The zero-order valence-electron chi connectivity index (χ0n) is 11.5. The maximum absolute atomic E-state index is 13.6. The summed E-state index contributed by atoms with van der Waals surface area (Å²) in [5.74, 6) is -1.45. The van der Waals surface area contributed by atoms with Crippen LogP contribution < -0.4 is 5.32 Å². The molecule has 1 N–H and O–H groups in total. The number of hydrogen-bond acceptors (Lipinski definition) is 3. The molecule has 0 saturated carbocycles. The Balaban J connectivity index is 2.88. The molecule has 0 aliphatic heterocycles. The van der Waals surface area contributed by atoms with Crippen molar-refractivity contribution in [2.24, 2.45) is 5.41 Å². The van der Waals surface area contributed by atoms with Crippen LogP contribution in [0, 0.1) is 11.2 Å². The van der Waals surface area contributed by atoms with E-state index in [0.717, 1.165) is 18.2 Å². The van der Waals surface area contributed by atoms with Crippen molar-refractivity contribution in [2.75, 3.05) is 6.54 Å². The van der Waals surface area contributed by atoms with Crippen molar-refractivity contribution >= 4 is 25.6 Å². The van der Waals surface area contributed by atoms with Gasteiger partial charge in [-0.25, -0.2) is 12.8 Å². The summed E-state index contributed by atoms with van der Waals surface area (Å²) in [6.45, 7) is 6.42. The van der Waals surface area contributed by atoms with Crippen LogP contribution in [0.3, 0.4) is 0 Å². The van der Waals surface area contributed by atoms with E-state index in [1.165, 1.54) is 0 Å². The lowest BCUT2D eigenvalue weighted by molar-refractivity contribution is 0.0945. The number of halogens is 2. The fraction of sp³-hybridized carbons (Fsp3) is 0.462. The highest BCUT2D eigenvalue weighted by Crippen LogP contribution is 2.19. The minimum absolute atomic E-state index is 0.0349. The predicted molar refractivity (Wildman–Crippen MR) is 75.8 cm³/mol. The fourth-order valence-corrected chi connectivity index (χ4v) is 2.25. The van der Waals surface area contributed by atoms with Crippen molar-refractivity contribution in [3.05, 3.63) is 29.6 Å². The van der Waals surface area contributed by atoms with Gasteiger partial charge in [-0.2, -0.15) is 0 Å². The summed E-state index contributed by atoms with van der Waals surface area (Å²) < 4.78 is 35.9. The Bertz CT molecular complexity index is 609. The summed E-state index contributed by atoms with van der Waals surface area (Å²) >= 11 is 0. The van der Waals surface area contributed by atoms with Crippen molar-refractivity contribution in [3.63, 3.8) is 0 Å². The van der Waals surface area contributed by atoms with Crippen LogP contribution in [0.2, 0.25) is 0 Å². The molecule has 112 valence electrons. The second kappa shape index (κ2) is 6.10. The molecule has 0 aromatic heterocycles. The third-order valence-electron chi connectivity index (χ3n) is 2.62. The molecule has 1 amide bonds. The molecule has 0 saturated heterocycles. The largest absolute Gasteiger partial charge is 0.352 e. The first-order valence-corrected chi connectivity index (χ1v) is 8.34. The van der Waals surface area contributed by atoms with E-state index in [9.17, 15) is 17.6 Å². The molecule has 0 unspecified atom stereocenters. The molecule has 0 bridgehead atoms. The maximum Gasteiger partial charge on any atom is 0.261 e. The van der Waals surface area contributed by atoms with E-state index in [4.69, 9.17) is 10.7 Å². The number of nitrogens with one attached hydrogen (secondary N) is 1. The van der Waals surface area contributed by atoms with Crippen molar-refractivity contribution in [1.82, 2.24) is 5.32 Å². The SMILES string of the molecule is CC(C)(C)CCNC(=O)c1cc(S(=O)(=O)Cl)ccc1F. The lowest BCUT2D eigenvalue weighted by Crippen LogP contribution is -2.28. The van der Waals surface area contributed by atoms with Gasteiger partial charge in [0.1, 0.15) is 5.82 Å². The van der Waals surface area contributed by atoms with E-state index >= 15 is 0 Å². The highest BCUT2D eigenvalue weighted by Gasteiger charge is 2.18. The van der Waals surface area contributed by atoms with Gasteiger partial charge in [0.25, 0.3) is 15.0 Å². The van der Waals surface area contributed by atoms with E-state index < -0.39 is 20.8 Å². The summed E-state index contributed by atoms with van der Waals surface area (Å²) in [4.78, 5) is 11.5. The van der Waals surface area contributed by atoms with Gasteiger partial charge in [-0.1, -0.05) is 20.8 Å². The highest BCUT2D eigenvalue weighted by atomic mass is 35.7. The Hall–Kier alpha value is -1.14. The van der Waals surface area contributed by atoms with E-state index in [2.05, 4.69) is 5.32 Å². The number of hydrogen-bond donors (Lipinski definition) is 1. The monoisotopic (exact) mass is 321 g/mol. The molecule has 0 aliphatic carbocycles. The average molecular weight is 322 g/mol. The Morgan fingerprint density at radius 3 is 2.45 bits per heavy atom. The van der Waals surface area contributed by atoms with Gasteiger partial charge in [0.2, 0.25) is 0 Å². The quantitative estimate of drug-likeness (QED) is 0.867. The molecule has 0 spiro atoms. The summed E-state index contributed by atoms with van der Waals surface area (Å²) in [6, 6.07) is 2.86. The number of rotatable bonds is 4. The molecule has 1 aromatic rings. The minimum atomic E-state index is -3.99. The first-order valence-electron chi connectivity index (χ1n) is 6.03. The van der Waals surface area contributed by atoms with Crippen LogP contribution in [-0.2, 0) is 9.05 Å². The summed E-state index contributed by atoms with van der Waals surface area (Å²) in [5, 5.41) is 2.56. The molecular formula is C13H17ClFNO3S. The number of amides is 1. The molecule has 0 heterocycles. The third-order valence-corrected chi connectivity index (χ3v) is 3.98. The number of carbonyl (C=O) groups excluding carboxylic acids is 1. The van der Waals surface area contributed by atoms with Gasteiger partial charge >= 0.3 is 0 Å². The second-order valence-corrected chi connectivity index (χ2v) is 8.21. The zero-order valence-corrected chi connectivity index (χ0v) is 13.1. The van der Waals surface area contributed by atoms with Crippen molar-refractivity contribution in [2.45, 2.75) is 32.1 Å². The van der Waals surface area contributed by atoms with Crippen molar-refractivity contribution in [3.8, 4) is 0 Å². The van der Waals surface area contributed by atoms with Gasteiger partial charge in [-0.05, 0) is 30.0 Å². The molecule has 20 heavy (non-hydrogen) atoms. The van der Waals surface area contributed by atoms with Crippen molar-refractivity contribution in [1.29, 1.82) is 0 Å². The Kier molecular flexibility index (Phi) is 5.15. The van der Waals surface area contributed by atoms with Crippen LogP contribution in [0.25, 0.3) is 0 Å². The number of carbonyl (C=O) groups is 1. The first kappa shape index (κ1) is 16.9. The van der Waals surface area contributed by atoms with Crippen LogP contribution in [0.1, 0.15) is 37.6 Å². The Morgan fingerprint density at radius 2 is 1.95 bits per heavy atom. The van der Waals surface area contributed by atoms with Gasteiger partial charge in [0.15, 0.2) is 0 Å². The van der Waals surface area contributed by atoms with Crippen LogP contribution in [0.5, 0.6) is 0 Å². The third kappa shape index (κ3) is 5.09. The molecule has 0 aliphatic rings. The van der Waals surface area contributed by atoms with Gasteiger partial charge in [-0.15, -0.1) is 0 Å². The molecular weight excluding hydrogens is 305 g/mol. The summed E-state index contributed by atoms with van der Waals surface area (Å²) in [5.41, 5.74) is -0.298. The smallest absolute Gasteiger partial charge is 0.261 e. The Labute approximate surface area is 122 Å². The van der Waals surface area contributed by atoms with E-state index in [-0.39, 0.29) is 15.9 Å². The highest BCUT2D eigenvalue weighted by molar-refractivity contribution is 8.13. The molecule has 1 rings (SSSR count). The van der Waals surface area contributed by atoms with E-state index in [0.29, 0.717) is 13.0 Å². The van der Waals surface area contributed by atoms with E-state index in [1.54, 1.807) is 0 Å². The lowest BCUT2D eigenvalue weighted by Gasteiger charge is -2.18. The summed E-state index contributed by atoms with van der Waals surface area (Å²) in [7, 11) is 1.18. The lowest BCUT2D eigenvalue weighted by atomic mass is 9.92. The molecule has 1 aromatic carbocycles. The zero-order chi connectivity index (χ0) is 15.6. The maximum atomic E-state index is 13.6. The fourth-order valence-electron chi connectivity index (χ4n) is 1.48. The Morgan fingerprint density at radius 1 is 1.35 bits per heavy atom. The van der Waals surface area contributed by atoms with Gasteiger partial charge < -0.3 is 5.32 Å². The van der Waals surface area contributed by atoms with Crippen LogP contribution in [0.4, 0.5) is 4.39 Å². The second-order valence-electron chi connectivity index (χ2n) is 5.65. The van der Waals surface area contributed by atoms with Gasteiger partial charge in [0.05, 0.1) is 10.5 Å². The molecule has 0 atom stereocenters. The summed E-state index contributed by atoms with van der Waals surface area (Å²) in [6.07, 6.45) is 0.716. The predicted octanol–water partition coefficient (Wildman–Crippen LogP) is 2.92. The van der Waals surface area contributed by atoms with Crippen LogP contribution in [0.15, 0.2) is 23.1 Å². The topological polar surface area (TPSA) is 63.2 Å². The average Bonchev–Trinajstić information content (AvgIpc) is 2.25. The van der Waals surface area contributed by atoms with Crippen molar-refractivity contribution < 1.29 is 17.6 Å².